The van der Waals surface area contributed by atoms with E-state index in [1.54, 1.807) is 0 Å². The van der Waals surface area contributed by atoms with Gasteiger partial charge in [0.2, 0.25) is 5.91 Å². The van der Waals surface area contributed by atoms with Crippen molar-refractivity contribution in [2.45, 2.75) is 102 Å². The van der Waals surface area contributed by atoms with Crippen LogP contribution in [0.15, 0.2) is 11.6 Å². The SMILES string of the molecule is CC(=O)NC1C(OC(C)CC2CC(C)C3CCC(C)=CC3O2)OC(CO)C(O)C1O. The number of nitrogens with one attached hydrogen (secondary N) is 1. The van der Waals surface area contributed by atoms with Gasteiger partial charge in [0.25, 0.3) is 0 Å². The van der Waals surface area contributed by atoms with E-state index in [0.717, 1.165) is 12.8 Å². The van der Waals surface area contributed by atoms with E-state index in [4.69, 9.17) is 14.2 Å². The van der Waals surface area contributed by atoms with Crippen LogP contribution >= 0.6 is 0 Å². The van der Waals surface area contributed by atoms with Crippen molar-refractivity contribution in [1.82, 2.24) is 5.32 Å². The average Bonchev–Trinajstić information content (AvgIpc) is 2.66. The number of amides is 1. The van der Waals surface area contributed by atoms with Crippen LogP contribution in [0.1, 0.15) is 53.4 Å². The standard InChI is InChI=1S/C22H37NO7/c1-11-5-6-16-12(2)8-15(29-17(16)7-11)9-13(3)28-22-19(23-14(4)25)21(27)20(26)18(10-24)30-22/h7,12-13,15-22,24,26-27H,5-6,8-10H2,1-4H3,(H,23,25). The highest BCUT2D eigenvalue weighted by Gasteiger charge is 2.46. The number of carbonyl (C=O) groups excluding carboxylic acids is 1. The first kappa shape index (κ1) is 23.6. The van der Waals surface area contributed by atoms with Crippen molar-refractivity contribution in [3.8, 4) is 0 Å². The molecule has 1 amide bonds. The van der Waals surface area contributed by atoms with Crippen LogP contribution in [0.2, 0.25) is 0 Å². The molecule has 0 saturated carbocycles. The van der Waals surface area contributed by atoms with Gasteiger partial charge in [-0.05, 0) is 51.4 Å². The van der Waals surface area contributed by atoms with Crippen LogP contribution < -0.4 is 5.32 Å². The van der Waals surface area contributed by atoms with Crippen LogP contribution in [-0.2, 0) is 19.0 Å². The monoisotopic (exact) mass is 427 g/mol. The molecule has 1 aliphatic carbocycles. The lowest BCUT2D eigenvalue weighted by molar-refractivity contribution is -0.283. The van der Waals surface area contributed by atoms with Gasteiger partial charge in [-0.15, -0.1) is 0 Å². The van der Waals surface area contributed by atoms with Gasteiger partial charge in [0.15, 0.2) is 6.29 Å². The lowest BCUT2D eigenvalue weighted by Gasteiger charge is -2.44. The molecule has 172 valence electrons. The van der Waals surface area contributed by atoms with Gasteiger partial charge in [-0.3, -0.25) is 4.79 Å². The Bertz CT molecular complexity index is 627. The van der Waals surface area contributed by atoms with E-state index in [-0.39, 0.29) is 24.2 Å². The minimum atomic E-state index is -1.32. The Morgan fingerprint density at radius 2 is 2.07 bits per heavy atom. The van der Waals surface area contributed by atoms with Gasteiger partial charge in [0.05, 0.1) is 24.9 Å². The van der Waals surface area contributed by atoms with Crippen molar-refractivity contribution < 1.29 is 34.3 Å². The molecule has 8 heteroatoms. The van der Waals surface area contributed by atoms with Crippen LogP contribution in [0.3, 0.4) is 0 Å². The smallest absolute Gasteiger partial charge is 0.217 e. The Labute approximate surface area is 178 Å². The lowest BCUT2D eigenvalue weighted by atomic mass is 9.75. The summed E-state index contributed by atoms with van der Waals surface area (Å²) >= 11 is 0. The second kappa shape index (κ2) is 10.1. The third kappa shape index (κ3) is 5.41. The third-order valence-corrected chi connectivity index (χ3v) is 6.67. The molecule has 30 heavy (non-hydrogen) atoms. The van der Waals surface area contributed by atoms with Gasteiger partial charge < -0.3 is 34.8 Å². The van der Waals surface area contributed by atoms with Crippen molar-refractivity contribution in [3.05, 3.63) is 11.6 Å². The molecule has 0 bridgehead atoms. The van der Waals surface area contributed by atoms with Gasteiger partial charge >= 0.3 is 0 Å². The molecular weight excluding hydrogens is 390 g/mol. The molecule has 2 aliphatic heterocycles. The zero-order valence-corrected chi connectivity index (χ0v) is 18.4. The largest absolute Gasteiger partial charge is 0.394 e. The molecule has 0 spiro atoms. The van der Waals surface area contributed by atoms with Crippen molar-refractivity contribution in [2.75, 3.05) is 6.61 Å². The number of carbonyl (C=O) groups is 1. The van der Waals surface area contributed by atoms with Crippen molar-refractivity contribution >= 4 is 5.91 Å². The van der Waals surface area contributed by atoms with Gasteiger partial charge in [-0.1, -0.05) is 18.6 Å². The summed E-state index contributed by atoms with van der Waals surface area (Å²) in [6.07, 6.45) is 1.51. The zero-order chi connectivity index (χ0) is 22.0. The number of ether oxygens (including phenoxy) is 3. The molecular formula is C22H37NO7. The van der Waals surface area contributed by atoms with E-state index in [9.17, 15) is 20.1 Å². The van der Waals surface area contributed by atoms with Gasteiger partial charge in [0, 0.05) is 6.92 Å². The molecule has 0 aromatic carbocycles. The number of rotatable bonds is 6. The summed E-state index contributed by atoms with van der Waals surface area (Å²) in [5.41, 5.74) is 1.38. The van der Waals surface area contributed by atoms with E-state index in [2.05, 4.69) is 25.2 Å². The molecule has 3 aliphatic rings. The normalized spacial score (nSPS) is 42.8. The molecule has 4 N–H and O–H groups in total. The van der Waals surface area contributed by atoms with Gasteiger partial charge in [0.1, 0.15) is 24.4 Å². The maximum atomic E-state index is 11.6. The van der Waals surface area contributed by atoms with E-state index in [0.29, 0.717) is 18.3 Å². The average molecular weight is 428 g/mol. The second-order valence-corrected chi connectivity index (χ2v) is 9.27. The number of allylic oxidation sites excluding steroid dienone is 1. The first-order valence-corrected chi connectivity index (χ1v) is 11.1. The number of fused-ring (bicyclic) bond motifs is 1. The minimum absolute atomic E-state index is 0.0466. The predicted octanol–water partition coefficient (Wildman–Crippen LogP) is 0.875. The fourth-order valence-electron chi connectivity index (χ4n) is 5.05. The first-order chi connectivity index (χ1) is 14.2. The lowest BCUT2D eigenvalue weighted by Crippen LogP contribution is -2.65. The van der Waals surface area contributed by atoms with E-state index >= 15 is 0 Å². The van der Waals surface area contributed by atoms with Crippen LogP contribution in [-0.4, -0.2) is 76.8 Å². The zero-order valence-electron chi connectivity index (χ0n) is 18.4. The molecule has 10 unspecified atom stereocenters. The summed E-state index contributed by atoms with van der Waals surface area (Å²) in [6, 6.07) is -0.928. The Kier molecular flexibility index (Phi) is 7.92. The highest BCUT2D eigenvalue weighted by Crippen LogP contribution is 2.39. The topological polar surface area (TPSA) is 117 Å². The molecule has 8 nitrogen and oxygen atoms in total. The van der Waals surface area contributed by atoms with Gasteiger partial charge in [-0.25, -0.2) is 0 Å². The van der Waals surface area contributed by atoms with Crippen molar-refractivity contribution in [1.29, 1.82) is 0 Å². The van der Waals surface area contributed by atoms with Crippen molar-refractivity contribution in [2.24, 2.45) is 11.8 Å². The van der Waals surface area contributed by atoms with Gasteiger partial charge in [-0.2, -0.15) is 0 Å². The first-order valence-electron chi connectivity index (χ1n) is 11.1. The summed E-state index contributed by atoms with van der Waals surface area (Å²) < 4.78 is 18.1. The maximum absolute atomic E-state index is 11.6. The second-order valence-electron chi connectivity index (χ2n) is 9.27. The summed E-state index contributed by atoms with van der Waals surface area (Å²) in [7, 11) is 0. The summed E-state index contributed by atoms with van der Waals surface area (Å²) in [4.78, 5) is 11.6. The summed E-state index contributed by atoms with van der Waals surface area (Å²) in [5.74, 6) is 0.765. The van der Waals surface area contributed by atoms with Crippen LogP contribution in [0, 0.1) is 11.8 Å². The van der Waals surface area contributed by atoms with E-state index < -0.39 is 37.3 Å². The Morgan fingerprint density at radius 3 is 2.73 bits per heavy atom. The Balaban J connectivity index is 1.62. The number of aliphatic hydroxyl groups excluding tert-OH is 3. The van der Waals surface area contributed by atoms with E-state index in [1.807, 2.05) is 6.92 Å². The third-order valence-electron chi connectivity index (χ3n) is 6.67. The molecule has 2 fully saturated rings. The van der Waals surface area contributed by atoms with E-state index in [1.165, 1.54) is 18.9 Å². The summed E-state index contributed by atoms with van der Waals surface area (Å²) in [5, 5.41) is 32.6. The predicted molar refractivity (Wildman–Crippen MR) is 109 cm³/mol. The molecule has 2 saturated heterocycles. The highest BCUT2D eigenvalue weighted by molar-refractivity contribution is 5.73. The fraction of sp³-hybridized carbons (Fsp3) is 0.864. The molecule has 0 aromatic heterocycles. The number of hydrogen-bond donors (Lipinski definition) is 4. The molecule has 0 aromatic rings. The molecule has 3 rings (SSSR count). The highest BCUT2D eigenvalue weighted by atomic mass is 16.7. The summed E-state index contributed by atoms with van der Waals surface area (Å²) in [6.45, 7) is 7.21. The minimum Gasteiger partial charge on any atom is -0.394 e. The Morgan fingerprint density at radius 1 is 1.33 bits per heavy atom. The molecule has 2 heterocycles. The fourth-order valence-corrected chi connectivity index (χ4v) is 5.05. The Hall–Kier alpha value is -1.03. The quantitative estimate of drug-likeness (QED) is 0.465. The van der Waals surface area contributed by atoms with Crippen molar-refractivity contribution in [3.63, 3.8) is 0 Å². The van der Waals surface area contributed by atoms with Crippen LogP contribution in [0.25, 0.3) is 0 Å². The number of aliphatic hydroxyl groups is 3. The van der Waals surface area contributed by atoms with Crippen LogP contribution in [0.4, 0.5) is 0 Å². The molecule has 10 atom stereocenters. The van der Waals surface area contributed by atoms with Crippen LogP contribution in [0.5, 0.6) is 0 Å². The number of hydrogen-bond acceptors (Lipinski definition) is 7. The molecule has 0 radical (unpaired) electrons. The maximum Gasteiger partial charge on any atom is 0.217 e.